The highest BCUT2D eigenvalue weighted by Crippen LogP contribution is 2.32. The number of hydrogen-bond donors (Lipinski definition) is 1. The van der Waals surface area contributed by atoms with E-state index < -0.39 is 0 Å². The molecule has 3 heterocycles. The maximum Gasteiger partial charge on any atom is 0.264 e. The van der Waals surface area contributed by atoms with E-state index in [2.05, 4.69) is 31.1 Å². The molecule has 0 radical (unpaired) electrons. The highest BCUT2D eigenvalue weighted by atomic mass is 79.9. The van der Waals surface area contributed by atoms with Crippen LogP contribution in [0.15, 0.2) is 49.1 Å². The second kappa shape index (κ2) is 8.12. The van der Waals surface area contributed by atoms with E-state index in [0.29, 0.717) is 26.5 Å². The summed E-state index contributed by atoms with van der Waals surface area (Å²) in [6.45, 7) is 2.04. The Hall–Kier alpha value is -1.70. The third kappa shape index (κ3) is 4.42. The SMILES string of the molecule is O=C1NC(=Nc2ccc(Br)c(Cl)c2)S/C1=C\c1ccc(N2CCCCC2)o1. The second-order valence-electron chi connectivity index (χ2n) is 6.30. The van der Waals surface area contributed by atoms with E-state index in [-0.39, 0.29) is 5.91 Å². The number of aliphatic imine (C=N–C) groups is 1. The van der Waals surface area contributed by atoms with Crippen molar-refractivity contribution in [3.8, 4) is 0 Å². The third-order valence-corrected chi connectivity index (χ3v) is 6.48. The van der Waals surface area contributed by atoms with E-state index in [9.17, 15) is 4.79 Å². The first-order chi connectivity index (χ1) is 13.1. The number of furan rings is 1. The van der Waals surface area contributed by atoms with Gasteiger partial charge in [0.2, 0.25) is 0 Å². The number of thioether (sulfide) groups is 1. The maximum atomic E-state index is 12.2. The van der Waals surface area contributed by atoms with Crippen molar-refractivity contribution in [3.05, 3.63) is 50.5 Å². The minimum Gasteiger partial charge on any atom is -0.441 e. The lowest BCUT2D eigenvalue weighted by Crippen LogP contribution is -2.28. The molecule has 0 bridgehead atoms. The summed E-state index contributed by atoms with van der Waals surface area (Å²) >= 11 is 10.7. The van der Waals surface area contributed by atoms with Crippen molar-refractivity contribution < 1.29 is 9.21 Å². The number of nitrogens with zero attached hydrogens (tertiary/aromatic N) is 2. The summed E-state index contributed by atoms with van der Waals surface area (Å²) in [7, 11) is 0. The summed E-state index contributed by atoms with van der Waals surface area (Å²) in [6.07, 6.45) is 5.41. The molecule has 8 heteroatoms. The number of halogens is 2. The third-order valence-electron chi connectivity index (χ3n) is 4.34. The van der Waals surface area contributed by atoms with Gasteiger partial charge in [-0.1, -0.05) is 11.6 Å². The smallest absolute Gasteiger partial charge is 0.264 e. The summed E-state index contributed by atoms with van der Waals surface area (Å²) in [5.41, 5.74) is 0.678. The zero-order chi connectivity index (χ0) is 18.8. The molecule has 0 atom stereocenters. The lowest BCUT2D eigenvalue weighted by Gasteiger charge is -2.25. The van der Waals surface area contributed by atoms with Crippen molar-refractivity contribution in [2.24, 2.45) is 4.99 Å². The summed E-state index contributed by atoms with van der Waals surface area (Å²) in [6, 6.07) is 9.26. The second-order valence-corrected chi connectivity index (χ2v) is 8.60. The molecule has 2 aliphatic heterocycles. The van der Waals surface area contributed by atoms with Gasteiger partial charge in [0.1, 0.15) is 5.76 Å². The number of amides is 1. The fourth-order valence-corrected chi connectivity index (χ4v) is 4.23. The normalized spacial score (nSPS) is 20.5. The predicted molar refractivity (Wildman–Crippen MR) is 115 cm³/mol. The number of anilines is 1. The Balaban J connectivity index is 1.49. The minimum absolute atomic E-state index is 0.183. The van der Waals surface area contributed by atoms with Gasteiger partial charge < -0.3 is 14.6 Å². The van der Waals surface area contributed by atoms with Crippen LogP contribution in [0.5, 0.6) is 0 Å². The number of benzene rings is 1. The van der Waals surface area contributed by atoms with Crippen LogP contribution in [0, 0.1) is 0 Å². The molecule has 0 aliphatic carbocycles. The van der Waals surface area contributed by atoms with Crippen LogP contribution >= 0.6 is 39.3 Å². The van der Waals surface area contributed by atoms with Gasteiger partial charge in [-0.15, -0.1) is 0 Å². The van der Waals surface area contributed by atoms with Gasteiger partial charge in [-0.2, -0.15) is 0 Å². The maximum absolute atomic E-state index is 12.2. The van der Waals surface area contributed by atoms with Gasteiger partial charge >= 0.3 is 0 Å². The molecule has 1 aromatic carbocycles. The monoisotopic (exact) mass is 465 g/mol. The van der Waals surface area contributed by atoms with Gasteiger partial charge in [-0.3, -0.25) is 4.79 Å². The van der Waals surface area contributed by atoms with Crippen LogP contribution in [0.3, 0.4) is 0 Å². The quantitative estimate of drug-likeness (QED) is 0.600. The molecular weight excluding hydrogens is 450 g/mol. The van der Waals surface area contributed by atoms with Crippen molar-refractivity contribution in [1.82, 2.24) is 5.32 Å². The number of carbonyl (C=O) groups excluding carboxylic acids is 1. The number of piperidine rings is 1. The zero-order valence-corrected chi connectivity index (χ0v) is 17.5. The minimum atomic E-state index is -0.183. The van der Waals surface area contributed by atoms with E-state index in [0.717, 1.165) is 23.4 Å². The Morgan fingerprint density at radius 2 is 2.04 bits per heavy atom. The van der Waals surface area contributed by atoms with Crippen molar-refractivity contribution >= 4 is 68.0 Å². The number of hydrogen-bond acceptors (Lipinski definition) is 5. The van der Waals surface area contributed by atoms with Gasteiger partial charge in [0, 0.05) is 29.7 Å². The van der Waals surface area contributed by atoms with Crippen LogP contribution in [0.25, 0.3) is 6.08 Å². The Labute approximate surface area is 175 Å². The average Bonchev–Trinajstić information content (AvgIpc) is 3.26. The van der Waals surface area contributed by atoms with E-state index in [1.807, 2.05) is 24.3 Å². The highest BCUT2D eigenvalue weighted by Gasteiger charge is 2.24. The summed E-state index contributed by atoms with van der Waals surface area (Å²) < 4.78 is 6.71. The molecule has 0 spiro atoms. The fraction of sp³-hybridized carbons (Fsp3) is 0.263. The fourth-order valence-electron chi connectivity index (χ4n) is 2.99. The Kier molecular flexibility index (Phi) is 5.61. The van der Waals surface area contributed by atoms with Gasteiger partial charge in [-0.25, -0.2) is 4.99 Å². The highest BCUT2D eigenvalue weighted by molar-refractivity contribution is 9.10. The van der Waals surface area contributed by atoms with Gasteiger partial charge in [0.25, 0.3) is 5.91 Å². The van der Waals surface area contributed by atoms with E-state index in [4.69, 9.17) is 16.0 Å². The molecule has 5 nitrogen and oxygen atoms in total. The molecule has 0 saturated carbocycles. The van der Waals surface area contributed by atoms with Gasteiger partial charge in [0.15, 0.2) is 11.1 Å². The number of amidine groups is 1. The Morgan fingerprint density at radius 3 is 2.81 bits per heavy atom. The number of nitrogens with one attached hydrogen (secondary N) is 1. The molecule has 2 aliphatic rings. The summed E-state index contributed by atoms with van der Waals surface area (Å²) in [5, 5.41) is 3.87. The summed E-state index contributed by atoms with van der Waals surface area (Å²) in [5.74, 6) is 1.35. The van der Waals surface area contributed by atoms with Gasteiger partial charge in [-0.05, 0) is 71.2 Å². The van der Waals surface area contributed by atoms with E-state index in [1.165, 1.54) is 31.0 Å². The van der Waals surface area contributed by atoms with Crippen molar-refractivity contribution in [2.75, 3.05) is 18.0 Å². The molecule has 4 rings (SSSR count). The Morgan fingerprint density at radius 1 is 1.22 bits per heavy atom. The molecule has 0 unspecified atom stereocenters. The van der Waals surface area contributed by atoms with E-state index >= 15 is 0 Å². The van der Waals surface area contributed by atoms with Crippen LogP contribution in [0.4, 0.5) is 11.6 Å². The average molecular weight is 467 g/mol. The molecule has 2 saturated heterocycles. The molecule has 1 N–H and O–H groups in total. The first kappa shape index (κ1) is 18.7. The number of carbonyl (C=O) groups is 1. The molecule has 1 amide bonds. The van der Waals surface area contributed by atoms with Crippen LogP contribution in [0.2, 0.25) is 5.02 Å². The lowest BCUT2D eigenvalue weighted by molar-refractivity contribution is -0.115. The number of rotatable bonds is 3. The Bertz CT molecular complexity index is 935. The zero-order valence-electron chi connectivity index (χ0n) is 14.4. The molecule has 2 fully saturated rings. The van der Waals surface area contributed by atoms with Crippen LogP contribution in [-0.4, -0.2) is 24.2 Å². The van der Waals surface area contributed by atoms with Gasteiger partial charge in [0.05, 0.1) is 15.6 Å². The summed E-state index contributed by atoms with van der Waals surface area (Å²) in [4.78, 5) is 19.5. The molecule has 2 aromatic rings. The van der Waals surface area contributed by atoms with Crippen LogP contribution < -0.4 is 10.2 Å². The first-order valence-electron chi connectivity index (χ1n) is 8.68. The molecular formula is C19H17BrClN3O2S. The van der Waals surface area contributed by atoms with Crippen molar-refractivity contribution in [3.63, 3.8) is 0 Å². The van der Waals surface area contributed by atoms with Crippen LogP contribution in [-0.2, 0) is 4.79 Å². The lowest BCUT2D eigenvalue weighted by atomic mass is 10.1. The predicted octanol–water partition coefficient (Wildman–Crippen LogP) is 5.58. The van der Waals surface area contributed by atoms with Crippen molar-refractivity contribution in [1.29, 1.82) is 0 Å². The molecule has 140 valence electrons. The molecule has 1 aromatic heterocycles. The van der Waals surface area contributed by atoms with Crippen LogP contribution in [0.1, 0.15) is 25.0 Å². The largest absolute Gasteiger partial charge is 0.441 e. The van der Waals surface area contributed by atoms with Crippen molar-refractivity contribution in [2.45, 2.75) is 19.3 Å². The standard InChI is InChI=1S/C19H17BrClN3O2S/c20-14-6-4-12(10-15(14)21)22-19-23-18(25)16(27-19)11-13-5-7-17(26-13)24-8-2-1-3-9-24/h4-7,10-11H,1-3,8-9H2,(H,22,23,25)/b16-11-. The van der Waals surface area contributed by atoms with E-state index in [1.54, 1.807) is 12.1 Å². The first-order valence-corrected chi connectivity index (χ1v) is 10.7. The topological polar surface area (TPSA) is 57.8 Å². The molecule has 27 heavy (non-hydrogen) atoms.